The third-order valence-corrected chi connectivity index (χ3v) is 7.94. The van der Waals surface area contributed by atoms with Gasteiger partial charge < -0.3 is 10.4 Å². The van der Waals surface area contributed by atoms with Gasteiger partial charge in [-0.3, -0.25) is 9.59 Å². The van der Waals surface area contributed by atoms with Crippen LogP contribution in [-0.2, 0) is 15.3 Å². The third kappa shape index (κ3) is 4.79. The quantitative estimate of drug-likeness (QED) is 0.436. The highest BCUT2D eigenvalue weighted by molar-refractivity contribution is 8.00. The Labute approximate surface area is 187 Å². The first-order valence-corrected chi connectivity index (χ1v) is 12.0. The monoisotopic (exact) mass is 460 g/mol. The average Bonchev–Trinajstić information content (AvgIpc) is 3.15. The summed E-state index contributed by atoms with van der Waals surface area (Å²) in [6.07, 6.45) is 2.94. The van der Waals surface area contributed by atoms with Crippen molar-refractivity contribution < 1.29 is 14.7 Å². The van der Waals surface area contributed by atoms with Gasteiger partial charge in [0.05, 0.1) is 22.1 Å². The van der Waals surface area contributed by atoms with Crippen LogP contribution in [-0.4, -0.2) is 22.0 Å². The van der Waals surface area contributed by atoms with Crippen molar-refractivity contribution in [1.29, 1.82) is 0 Å². The first-order valence-electron chi connectivity index (χ1n) is 9.82. The van der Waals surface area contributed by atoms with Crippen molar-refractivity contribution in [2.24, 2.45) is 11.8 Å². The maximum absolute atomic E-state index is 12.7. The zero-order valence-corrected chi connectivity index (χ0v) is 18.5. The summed E-state index contributed by atoms with van der Waals surface area (Å²) in [5.41, 5.74) is 2.62. The van der Waals surface area contributed by atoms with E-state index in [9.17, 15) is 14.7 Å². The Bertz CT molecular complexity index is 1090. The van der Waals surface area contributed by atoms with Crippen LogP contribution >= 0.6 is 34.7 Å². The van der Waals surface area contributed by atoms with Crippen LogP contribution in [0, 0.1) is 11.8 Å². The van der Waals surface area contributed by atoms with Crippen molar-refractivity contribution in [3.63, 3.8) is 0 Å². The van der Waals surface area contributed by atoms with E-state index in [1.54, 1.807) is 23.1 Å². The van der Waals surface area contributed by atoms with Crippen LogP contribution in [0.25, 0.3) is 10.2 Å². The fraction of sp³-hybridized carbons (Fsp3) is 0.318. The topological polar surface area (TPSA) is 79.3 Å². The van der Waals surface area contributed by atoms with Crippen LogP contribution in [0.3, 0.4) is 0 Å². The fourth-order valence-electron chi connectivity index (χ4n) is 3.77. The number of carbonyl (C=O) groups is 2. The van der Waals surface area contributed by atoms with Gasteiger partial charge in [-0.2, -0.15) is 0 Å². The van der Waals surface area contributed by atoms with E-state index in [2.05, 4.69) is 10.3 Å². The molecule has 1 aliphatic carbocycles. The molecular weight excluding hydrogens is 440 g/mol. The van der Waals surface area contributed by atoms with Gasteiger partial charge in [0.25, 0.3) is 0 Å². The molecule has 2 unspecified atom stereocenters. The maximum Gasteiger partial charge on any atom is 0.307 e. The van der Waals surface area contributed by atoms with Crippen molar-refractivity contribution in [3.8, 4) is 0 Å². The van der Waals surface area contributed by atoms with Gasteiger partial charge in [0.1, 0.15) is 0 Å². The van der Waals surface area contributed by atoms with Gasteiger partial charge in [-0.15, -0.1) is 11.3 Å². The van der Waals surface area contributed by atoms with Crippen LogP contribution in [0.2, 0.25) is 5.02 Å². The molecular formula is C22H21ClN2O3S2. The van der Waals surface area contributed by atoms with Crippen molar-refractivity contribution >= 4 is 62.5 Å². The number of fused-ring (bicyclic) bond motifs is 1. The summed E-state index contributed by atoms with van der Waals surface area (Å²) in [7, 11) is 0. The third-order valence-electron chi connectivity index (χ3n) is 5.37. The van der Waals surface area contributed by atoms with E-state index >= 15 is 0 Å². The maximum atomic E-state index is 12.7. The lowest BCUT2D eigenvalue weighted by Crippen LogP contribution is -2.36. The summed E-state index contributed by atoms with van der Waals surface area (Å²) in [5.74, 6) is -1.43. The Balaban J connectivity index is 1.45. The number of aromatic nitrogens is 1. The predicted octanol–water partition coefficient (Wildman–Crippen LogP) is 6.07. The standard InChI is InChI=1S/C22H21ClN2O3S2/c23-17-8-4-1-5-13(17)12-29-22-25-18-10-9-14(11-19(18)30-22)24-20(26)15-6-2-3-7-16(15)21(27)28/h1,4-5,8-11,15-16H,2-3,6-7,12H2,(H,24,26)(H,27,28). The minimum Gasteiger partial charge on any atom is -0.481 e. The van der Waals surface area contributed by atoms with Crippen molar-refractivity contribution in [2.75, 3.05) is 5.32 Å². The van der Waals surface area contributed by atoms with Crippen LogP contribution in [0.15, 0.2) is 46.8 Å². The number of hydrogen-bond donors (Lipinski definition) is 2. The second-order valence-corrected chi connectivity index (χ2v) is 10.0. The lowest BCUT2D eigenvalue weighted by Gasteiger charge is -2.27. The molecule has 2 atom stereocenters. The van der Waals surface area contributed by atoms with E-state index in [0.29, 0.717) is 18.5 Å². The van der Waals surface area contributed by atoms with Gasteiger partial charge in [0.2, 0.25) is 5.91 Å². The molecule has 0 saturated heterocycles. The Morgan fingerprint density at radius 3 is 2.70 bits per heavy atom. The Hall–Kier alpha value is -2.09. The summed E-state index contributed by atoms with van der Waals surface area (Å²) in [5, 5.41) is 13.1. The lowest BCUT2D eigenvalue weighted by molar-refractivity contribution is -0.147. The zero-order chi connectivity index (χ0) is 21.1. The number of carboxylic acids is 1. The minimum atomic E-state index is -0.882. The molecule has 0 spiro atoms. The molecule has 5 nitrogen and oxygen atoms in total. The van der Waals surface area contributed by atoms with Gasteiger partial charge in [0, 0.05) is 16.5 Å². The van der Waals surface area contributed by atoms with Crippen LogP contribution in [0.5, 0.6) is 0 Å². The summed E-state index contributed by atoms with van der Waals surface area (Å²) in [6.45, 7) is 0. The van der Waals surface area contributed by atoms with Gasteiger partial charge in [-0.05, 0) is 42.7 Å². The number of aliphatic carboxylic acids is 1. The number of anilines is 1. The average molecular weight is 461 g/mol. The second-order valence-electron chi connectivity index (χ2n) is 7.37. The van der Waals surface area contributed by atoms with E-state index in [1.165, 1.54) is 0 Å². The molecule has 2 aromatic carbocycles. The molecule has 156 valence electrons. The molecule has 8 heteroatoms. The first kappa shape index (κ1) is 21.2. The smallest absolute Gasteiger partial charge is 0.307 e. The molecule has 0 aliphatic heterocycles. The number of carboxylic acid groups (broad SMARTS) is 1. The first-order chi connectivity index (χ1) is 14.5. The normalized spacial score (nSPS) is 19.0. The van der Waals surface area contributed by atoms with E-state index < -0.39 is 17.8 Å². The van der Waals surface area contributed by atoms with Crippen molar-refractivity contribution in [1.82, 2.24) is 4.98 Å². The second kappa shape index (κ2) is 9.37. The number of nitrogens with one attached hydrogen (secondary N) is 1. The number of amides is 1. The number of hydrogen-bond acceptors (Lipinski definition) is 5. The largest absolute Gasteiger partial charge is 0.481 e. The van der Waals surface area contributed by atoms with Crippen LogP contribution in [0.4, 0.5) is 5.69 Å². The SMILES string of the molecule is O=C(O)C1CCCCC1C(=O)Nc1ccc2nc(SCc3ccccc3Cl)sc2c1. The number of carbonyl (C=O) groups excluding carboxylic acids is 1. The number of benzene rings is 2. The zero-order valence-electron chi connectivity index (χ0n) is 16.1. The summed E-state index contributed by atoms with van der Waals surface area (Å²) in [4.78, 5) is 28.8. The number of nitrogens with zero attached hydrogens (tertiary/aromatic N) is 1. The molecule has 1 amide bonds. The molecule has 1 saturated carbocycles. The number of thiazole rings is 1. The van der Waals surface area contributed by atoms with Crippen LogP contribution in [0.1, 0.15) is 31.2 Å². The van der Waals surface area contributed by atoms with E-state index in [4.69, 9.17) is 11.6 Å². The van der Waals surface area contributed by atoms with Gasteiger partial charge in [0.15, 0.2) is 4.34 Å². The number of rotatable bonds is 6. The van der Waals surface area contributed by atoms with Gasteiger partial charge in [-0.25, -0.2) is 4.98 Å². The highest BCUT2D eigenvalue weighted by atomic mass is 35.5. The Morgan fingerprint density at radius 2 is 1.93 bits per heavy atom. The van der Waals surface area contributed by atoms with Crippen molar-refractivity contribution in [3.05, 3.63) is 53.1 Å². The molecule has 2 N–H and O–H groups in total. The summed E-state index contributed by atoms with van der Waals surface area (Å²) in [6, 6.07) is 13.4. The Morgan fingerprint density at radius 1 is 1.17 bits per heavy atom. The molecule has 1 aromatic heterocycles. The highest BCUT2D eigenvalue weighted by Crippen LogP contribution is 2.35. The highest BCUT2D eigenvalue weighted by Gasteiger charge is 2.35. The summed E-state index contributed by atoms with van der Waals surface area (Å²) >= 11 is 9.42. The fourth-order valence-corrected chi connectivity index (χ4v) is 6.17. The molecule has 1 heterocycles. The molecule has 3 aromatic rings. The molecule has 4 rings (SSSR count). The number of halogens is 1. The van der Waals surface area contributed by atoms with Gasteiger partial charge in [-0.1, -0.05) is 54.4 Å². The predicted molar refractivity (Wildman–Crippen MR) is 122 cm³/mol. The number of thioether (sulfide) groups is 1. The van der Waals surface area contributed by atoms with E-state index in [1.807, 2.05) is 42.5 Å². The molecule has 0 bridgehead atoms. The lowest BCUT2D eigenvalue weighted by atomic mass is 9.78. The molecule has 30 heavy (non-hydrogen) atoms. The van der Waals surface area contributed by atoms with Gasteiger partial charge >= 0.3 is 5.97 Å². The molecule has 1 aliphatic rings. The van der Waals surface area contributed by atoms with Crippen molar-refractivity contribution in [2.45, 2.75) is 35.8 Å². The molecule has 0 radical (unpaired) electrons. The molecule has 1 fully saturated rings. The van der Waals surface area contributed by atoms with E-state index in [-0.39, 0.29) is 5.91 Å². The van der Waals surface area contributed by atoms with E-state index in [0.717, 1.165) is 43.7 Å². The Kier molecular flexibility index (Phi) is 6.61. The summed E-state index contributed by atoms with van der Waals surface area (Å²) < 4.78 is 1.92. The minimum absolute atomic E-state index is 0.209. The van der Waals surface area contributed by atoms with Crippen LogP contribution < -0.4 is 5.32 Å².